The van der Waals surface area contributed by atoms with E-state index in [1.807, 2.05) is 12.1 Å². The van der Waals surface area contributed by atoms with Gasteiger partial charge in [-0.25, -0.2) is 0 Å². The minimum absolute atomic E-state index is 0.126. The lowest BCUT2D eigenvalue weighted by Crippen LogP contribution is -2.41. The van der Waals surface area contributed by atoms with Gasteiger partial charge in [-0.15, -0.1) is 0 Å². The van der Waals surface area contributed by atoms with E-state index in [1.54, 1.807) is 0 Å². The van der Waals surface area contributed by atoms with E-state index in [0.29, 0.717) is 5.41 Å². The van der Waals surface area contributed by atoms with Crippen LogP contribution in [0.2, 0.25) is 0 Å². The van der Waals surface area contributed by atoms with Crippen LogP contribution < -0.4 is 10.6 Å². The zero-order chi connectivity index (χ0) is 13.3. The summed E-state index contributed by atoms with van der Waals surface area (Å²) in [4.78, 5) is 2.35. The van der Waals surface area contributed by atoms with E-state index in [4.69, 9.17) is 11.1 Å². The number of benzene rings is 1. The van der Waals surface area contributed by atoms with Crippen LogP contribution in [0.25, 0.3) is 0 Å². The molecule has 3 N–H and O–H groups in total. The molecule has 18 heavy (non-hydrogen) atoms. The van der Waals surface area contributed by atoms with Gasteiger partial charge in [0.05, 0.1) is 5.56 Å². The second-order valence-corrected chi connectivity index (χ2v) is 6.59. The minimum Gasteiger partial charge on any atom is -0.384 e. The molecule has 1 heterocycles. The lowest BCUT2D eigenvalue weighted by molar-refractivity contribution is 0.293. The average molecular weight is 310 g/mol. The fraction of sp³-hybridized carbons (Fsp3) is 0.500. The Morgan fingerprint density at radius 3 is 2.78 bits per heavy atom. The standard InChI is InChI=1S/C14H20BrN3/c1-14(2)7-4-8-18(9-14)11-6-3-5-10(15)12(11)13(16)17/h3,5-6H,4,7-9H2,1-2H3,(H3,16,17). The zero-order valence-electron chi connectivity index (χ0n) is 11.0. The van der Waals surface area contributed by atoms with Crippen molar-refractivity contribution in [1.82, 2.24) is 0 Å². The molecule has 2 rings (SSSR count). The van der Waals surface area contributed by atoms with Gasteiger partial charge in [-0.2, -0.15) is 0 Å². The molecule has 0 amide bonds. The SMILES string of the molecule is CC1(C)CCCN(c2cccc(Br)c2C(=N)N)C1. The van der Waals surface area contributed by atoms with Crippen LogP contribution >= 0.6 is 15.9 Å². The summed E-state index contributed by atoms with van der Waals surface area (Å²) < 4.78 is 0.899. The first-order valence-corrected chi connectivity index (χ1v) is 7.08. The zero-order valence-corrected chi connectivity index (χ0v) is 12.5. The number of nitrogen functional groups attached to an aromatic ring is 1. The molecule has 1 saturated heterocycles. The molecule has 1 fully saturated rings. The van der Waals surface area contributed by atoms with E-state index in [-0.39, 0.29) is 5.84 Å². The molecule has 0 aromatic heterocycles. The van der Waals surface area contributed by atoms with Crippen LogP contribution in [0.3, 0.4) is 0 Å². The third-order valence-electron chi connectivity index (χ3n) is 3.50. The van der Waals surface area contributed by atoms with Gasteiger partial charge in [0.15, 0.2) is 0 Å². The monoisotopic (exact) mass is 309 g/mol. The number of nitrogens with one attached hydrogen (secondary N) is 1. The highest BCUT2D eigenvalue weighted by Gasteiger charge is 2.28. The van der Waals surface area contributed by atoms with Crippen LogP contribution in [-0.2, 0) is 0 Å². The molecule has 0 spiro atoms. The summed E-state index contributed by atoms with van der Waals surface area (Å²) in [6, 6.07) is 6.01. The Morgan fingerprint density at radius 1 is 1.44 bits per heavy atom. The smallest absolute Gasteiger partial charge is 0.126 e. The maximum atomic E-state index is 7.76. The molecule has 0 atom stereocenters. The molecule has 1 aliphatic rings. The summed E-state index contributed by atoms with van der Waals surface area (Å²) >= 11 is 3.50. The second kappa shape index (κ2) is 4.92. The van der Waals surface area contributed by atoms with Crippen molar-refractivity contribution in [2.75, 3.05) is 18.0 Å². The van der Waals surface area contributed by atoms with Gasteiger partial charge in [-0.05, 0) is 46.3 Å². The van der Waals surface area contributed by atoms with Crippen LogP contribution in [0.4, 0.5) is 5.69 Å². The lowest BCUT2D eigenvalue weighted by Gasteiger charge is -2.40. The molecule has 0 aliphatic carbocycles. The van der Waals surface area contributed by atoms with Crippen LogP contribution in [0, 0.1) is 10.8 Å². The number of nitrogens with zero attached hydrogens (tertiary/aromatic N) is 1. The van der Waals surface area contributed by atoms with Crippen molar-refractivity contribution in [3.05, 3.63) is 28.2 Å². The van der Waals surface area contributed by atoms with Gasteiger partial charge in [-0.3, -0.25) is 5.41 Å². The number of nitrogens with two attached hydrogens (primary N) is 1. The molecule has 98 valence electrons. The maximum Gasteiger partial charge on any atom is 0.126 e. The second-order valence-electron chi connectivity index (χ2n) is 5.74. The average Bonchev–Trinajstić information content (AvgIpc) is 2.26. The molecule has 1 aliphatic heterocycles. The molecule has 0 saturated carbocycles. The predicted molar refractivity (Wildman–Crippen MR) is 80.4 cm³/mol. The van der Waals surface area contributed by atoms with E-state index in [0.717, 1.165) is 28.8 Å². The van der Waals surface area contributed by atoms with Crippen molar-refractivity contribution < 1.29 is 0 Å². The normalized spacial score (nSPS) is 18.7. The summed E-state index contributed by atoms with van der Waals surface area (Å²) in [5, 5.41) is 7.76. The van der Waals surface area contributed by atoms with E-state index in [2.05, 4.69) is 40.7 Å². The third-order valence-corrected chi connectivity index (χ3v) is 4.16. The number of anilines is 1. The van der Waals surface area contributed by atoms with Gasteiger partial charge in [0, 0.05) is 23.2 Å². The van der Waals surface area contributed by atoms with Gasteiger partial charge >= 0.3 is 0 Å². The summed E-state index contributed by atoms with van der Waals surface area (Å²) in [7, 11) is 0. The highest BCUT2D eigenvalue weighted by atomic mass is 79.9. The predicted octanol–water partition coefficient (Wildman–Crippen LogP) is 3.36. The maximum absolute atomic E-state index is 7.76. The van der Waals surface area contributed by atoms with Crippen LogP contribution in [0.15, 0.2) is 22.7 Å². The van der Waals surface area contributed by atoms with Gasteiger partial charge < -0.3 is 10.6 Å². The molecular weight excluding hydrogens is 290 g/mol. The summed E-state index contributed by atoms with van der Waals surface area (Å²) in [6.07, 6.45) is 2.45. The van der Waals surface area contributed by atoms with Crippen molar-refractivity contribution in [3.63, 3.8) is 0 Å². The molecule has 3 nitrogen and oxygen atoms in total. The van der Waals surface area contributed by atoms with Crippen molar-refractivity contribution in [3.8, 4) is 0 Å². The Bertz CT molecular complexity index is 468. The number of halogens is 1. The third kappa shape index (κ3) is 2.69. The van der Waals surface area contributed by atoms with Crippen molar-refractivity contribution in [1.29, 1.82) is 5.41 Å². The Morgan fingerprint density at radius 2 is 2.17 bits per heavy atom. The molecule has 1 aromatic carbocycles. The molecule has 0 unspecified atom stereocenters. The largest absolute Gasteiger partial charge is 0.384 e. The van der Waals surface area contributed by atoms with Crippen molar-refractivity contribution in [2.45, 2.75) is 26.7 Å². The summed E-state index contributed by atoms with van der Waals surface area (Å²) in [5.41, 5.74) is 7.93. The van der Waals surface area contributed by atoms with Crippen LogP contribution in [0.1, 0.15) is 32.3 Å². The first-order chi connectivity index (χ1) is 8.41. The van der Waals surface area contributed by atoms with Crippen molar-refractivity contribution >= 4 is 27.5 Å². The van der Waals surface area contributed by atoms with E-state index in [9.17, 15) is 0 Å². The van der Waals surface area contributed by atoms with Crippen LogP contribution in [0.5, 0.6) is 0 Å². The molecular formula is C14H20BrN3. The number of amidine groups is 1. The highest BCUT2D eigenvalue weighted by Crippen LogP contribution is 2.34. The number of hydrogen-bond donors (Lipinski definition) is 2. The Balaban J connectivity index is 2.39. The Hall–Kier alpha value is -1.03. The molecule has 0 bridgehead atoms. The van der Waals surface area contributed by atoms with E-state index >= 15 is 0 Å². The first kappa shape index (κ1) is 13.4. The number of hydrogen-bond acceptors (Lipinski definition) is 2. The van der Waals surface area contributed by atoms with Gasteiger partial charge in [0.25, 0.3) is 0 Å². The number of piperidine rings is 1. The van der Waals surface area contributed by atoms with Crippen LogP contribution in [-0.4, -0.2) is 18.9 Å². The fourth-order valence-corrected chi connectivity index (χ4v) is 3.24. The summed E-state index contributed by atoms with van der Waals surface area (Å²) in [5.74, 6) is 0.126. The van der Waals surface area contributed by atoms with Gasteiger partial charge in [-0.1, -0.05) is 19.9 Å². The molecule has 4 heteroatoms. The minimum atomic E-state index is 0.126. The topological polar surface area (TPSA) is 53.1 Å². The Labute approximate surface area is 117 Å². The van der Waals surface area contributed by atoms with E-state index in [1.165, 1.54) is 12.8 Å². The molecule has 0 radical (unpaired) electrons. The Kier molecular flexibility index (Phi) is 3.66. The number of rotatable bonds is 2. The highest BCUT2D eigenvalue weighted by molar-refractivity contribution is 9.10. The van der Waals surface area contributed by atoms with E-state index < -0.39 is 0 Å². The quantitative estimate of drug-likeness (QED) is 0.650. The van der Waals surface area contributed by atoms with Gasteiger partial charge in [0.2, 0.25) is 0 Å². The summed E-state index contributed by atoms with van der Waals surface area (Å²) in [6.45, 7) is 6.65. The molecule has 1 aromatic rings. The lowest BCUT2D eigenvalue weighted by atomic mass is 9.84. The van der Waals surface area contributed by atoms with Gasteiger partial charge in [0.1, 0.15) is 5.84 Å². The van der Waals surface area contributed by atoms with Crippen molar-refractivity contribution in [2.24, 2.45) is 11.1 Å². The first-order valence-electron chi connectivity index (χ1n) is 6.28. The fourth-order valence-electron chi connectivity index (χ4n) is 2.67.